The van der Waals surface area contributed by atoms with E-state index >= 15 is 0 Å². The van der Waals surface area contributed by atoms with Crippen LogP contribution in [0.4, 0.5) is 19.0 Å². The van der Waals surface area contributed by atoms with Crippen molar-refractivity contribution in [3.63, 3.8) is 0 Å². The number of anilines is 1. The zero-order chi connectivity index (χ0) is 19.9. The van der Waals surface area contributed by atoms with Gasteiger partial charge in [-0.05, 0) is 23.8 Å². The van der Waals surface area contributed by atoms with Gasteiger partial charge in [0.25, 0.3) is 5.91 Å². The number of nitrogens with zero attached hydrogens (tertiary/aromatic N) is 2. The third-order valence-corrected chi connectivity index (χ3v) is 3.25. The molecule has 2 aromatic heterocycles. The van der Waals surface area contributed by atoms with Crippen molar-refractivity contribution in [2.45, 2.75) is 26.1 Å². The Morgan fingerprint density at radius 1 is 1.19 bits per heavy atom. The first-order valence-electron chi connectivity index (χ1n) is 7.95. The van der Waals surface area contributed by atoms with Crippen LogP contribution in [-0.4, -0.2) is 34.6 Å². The van der Waals surface area contributed by atoms with Crippen LogP contribution in [0.2, 0.25) is 0 Å². The quantitative estimate of drug-likeness (QED) is 0.768. The molecule has 0 aliphatic rings. The van der Waals surface area contributed by atoms with E-state index in [4.69, 9.17) is 0 Å². The molecule has 0 atom stereocenters. The van der Waals surface area contributed by atoms with Crippen molar-refractivity contribution in [3.8, 4) is 5.88 Å². The molecule has 0 radical (unpaired) electrons. The summed E-state index contributed by atoms with van der Waals surface area (Å²) in [4.78, 5) is 31.2. The largest absolute Gasteiger partial charge is 0.468 e. The lowest BCUT2D eigenvalue weighted by Gasteiger charge is -2.09. The van der Waals surface area contributed by atoms with E-state index in [0.717, 1.165) is 6.20 Å². The maximum atomic E-state index is 12.1. The van der Waals surface area contributed by atoms with Gasteiger partial charge in [0.05, 0.1) is 5.56 Å². The van der Waals surface area contributed by atoms with Gasteiger partial charge in [-0.15, -0.1) is 0 Å². The van der Waals surface area contributed by atoms with Gasteiger partial charge >= 0.3 is 6.18 Å². The van der Waals surface area contributed by atoms with Crippen LogP contribution < -0.4 is 15.4 Å². The Labute approximate surface area is 153 Å². The summed E-state index contributed by atoms with van der Waals surface area (Å²) in [6.45, 7) is 0.431. The fourth-order valence-corrected chi connectivity index (χ4v) is 1.92. The molecule has 0 aliphatic carbocycles. The highest BCUT2D eigenvalue weighted by Gasteiger charge is 2.28. The molecule has 0 unspecified atom stereocenters. The molecule has 2 rings (SSSR count). The van der Waals surface area contributed by atoms with Crippen molar-refractivity contribution in [2.75, 3.05) is 11.9 Å². The van der Waals surface area contributed by atoms with Gasteiger partial charge in [-0.2, -0.15) is 13.2 Å². The van der Waals surface area contributed by atoms with Crippen LogP contribution in [0.25, 0.3) is 0 Å². The summed E-state index contributed by atoms with van der Waals surface area (Å²) in [5.74, 6) is -0.487. The van der Waals surface area contributed by atoms with Gasteiger partial charge in [0, 0.05) is 31.4 Å². The number of ether oxygens (including phenoxy) is 1. The smallest absolute Gasteiger partial charge is 0.422 e. The molecule has 0 saturated heterocycles. The third-order valence-electron chi connectivity index (χ3n) is 3.25. The Hall–Kier alpha value is -3.17. The van der Waals surface area contributed by atoms with Crippen LogP contribution in [-0.2, 0) is 11.3 Å². The van der Waals surface area contributed by atoms with Crippen LogP contribution in [0, 0.1) is 0 Å². The minimum atomic E-state index is -4.46. The molecule has 2 N–H and O–H groups in total. The lowest BCUT2D eigenvalue weighted by molar-refractivity contribution is -0.154. The standard InChI is InChI=1S/C17H17F3N4O3/c1-2-14(25)24-13-7-11(5-6-21-13)8-23-16(26)12-3-4-15(22-9-12)27-10-17(18,19)20/h3-7,9H,2,8,10H2,1H3,(H,23,26)(H,21,24,25). The zero-order valence-corrected chi connectivity index (χ0v) is 14.3. The van der Waals surface area contributed by atoms with Gasteiger partial charge < -0.3 is 15.4 Å². The Morgan fingerprint density at radius 3 is 2.59 bits per heavy atom. The highest BCUT2D eigenvalue weighted by atomic mass is 19.4. The van der Waals surface area contributed by atoms with Gasteiger partial charge in [0.2, 0.25) is 11.8 Å². The molecule has 2 heterocycles. The number of nitrogens with one attached hydrogen (secondary N) is 2. The second-order valence-electron chi connectivity index (χ2n) is 5.42. The second kappa shape index (κ2) is 8.97. The van der Waals surface area contributed by atoms with Crippen LogP contribution in [0.3, 0.4) is 0 Å². The third kappa shape index (κ3) is 6.92. The number of amides is 2. The van der Waals surface area contributed by atoms with Crippen LogP contribution in [0.15, 0.2) is 36.7 Å². The molecule has 0 aromatic carbocycles. The van der Waals surface area contributed by atoms with Crippen molar-refractivity contribution in [3.05, 3.63) is 47.8 Å². The number of alkyl halides is 3. The number of pyridine rings is 2. The predicted molar refractivity (Wildman–Crippen MR) is 90.1 cm³/mol. The number of carbonyl (C=O) groups excluding carboxylic acids is 2. The van der Waals surface area contributed by atoms with Crippen molar-refractivity contribution in [2.24, 2.45) is 0 Å². The number of rotatable bonds is 7. The lowest BCUT2D eigenvalue weighted by Crippen LogP contribution is -2.23. The highest BCUT2D eigenvalue weighted by Crippen LogP contribution is 2.17. The summed E-state index contributed by atoms with van der Waals surface area (Å²) in [5, 5.41) is 5.26. The first kappa shape index (κ1) is 20.1. The van der Waals surface area contributed by atoms with Crippen molar-refractivity contribution in [1.82, 2.24) is 15.3 Å². The van der Waals surface area contributed by atoms with Gasteiger partial charge in [-0.1, -0.05) is 6.92 Å². The fraction of sp³-hybridized carbons (Fsp3) is 0.294. The Bertz CT molecular complexity index is 795. The minimum Gasteiger partial charge on any atom is -0.468 e. The second-order valence-corrected chi connectivity index (χ2v) is 5.42. The molecule has 7 nitrogen and oxygen atoms in total. The van der Waals surface area contributed by atoms with Gasteiger partial charge in [-0.25, -0.2) is 9.97 Å². The number of hydrogen-bond acceptors (Lipinski definition) is 5. The summed E-state index contributed by atoms with van der Waals surface area (Å²) < 4.78 is 40.7. The van der Waals surface area contributed by atoms with E-state index in [1.54, 1.807) is 19.1 Å². The van der Waals surface area contributed by atoms with Crippen molar-refractivity contribution in [1.29, 1.82) is 0 Å². The van der Waals surface area contributed by atoms with E-state index in [2.05, 4.69) is 25.3 Å². The molecule has 2 amide bonds. The molecule has 2 aromatic rings. The Balaban J connectivity index is 1.90. The monoisotopic (exact) mass is 382 g/mol. The number of hydrogen-bond donors (Lipinski definition) is 2. The van der Waals surface area contributed by atoms with Gasteiger partial charge in [-0.3, -0.25) is 9.59 Å². The zero-order valence-electron chi connectivity index (χ0n) is 14.3. The average molecular weight is 382 g/mol. The predicted octanol–water partition coefficient (Wildman–Crippen LogP) is 2.70. The average Bonchev–Trinajstić information content (AvgIpc) is 2.64. The topological polar surface area (TPSA) is 93.2 Å². The SMILES string of the molecule is CCC(=O)Nc1cc(CNC(=O)c2ccc(OCC(F)(F)F)nc2)ccn1. The summed E-state index contributed by atoms with van der Waals surface area (Å²) in [7, 11) is 0. The minimum absolute atomic E-state index is 0.169. The molecule has 0 spiro atoms. The van der Waals surface area contributed by atoms with Crippen LogP contribution >= 0.6 is 0 Å². The van der Waals surface area contributed by atoms with Gasteiger partial charge in [0.1, 0.15) is 5.82 Å². The highest BCUT2D eigenvalue weighted by molar-refractivity contribution is 5.94. The van der Waals surface area contributed by atoms with E-state index in [-0.39, 0.29) is 23.9 Å². The molecule has 27 heavy (non-hydrogen) atoms. The van der Waals surface area contributed by atoms with E-state index in [0.29, 0.717) is 17.8 Å². The number of carbonyl (C=O) groups is 2. The van der Waals surface area contributed by atoms with Crippen LogP contribution in [0.1, 0.15) is 29.3 Å². The molecule has 0 fully saturated rings. The summed E-state index contributed by atoms with van der Waals surface area (Å²) >= 11 is 0. The maximum absolute atomic E-state index is 12.1. The number of aromatic nitrogens is 2. The van der Waals surface area contributed by atoms with E-state index in [9.17, 15) is 22.8 Å². The maximum Gasteiger partial charge on any atom is 0.422 e. The summed E-state index contributed by atoms with van der Waals surface area (Å²) in [6.07, 6.45) is -1.52. The van der Waals surface area contributed by atoms with Crippen molar-refractivity contribution < 1.29 is 27.5 Å². The van der Waals surface area contributed by atoms with Gasteiger partial charge in [0.15, 0.2) is 6.61 Å². The normalized spacial score (nSPS) is 11.0. The lowest BCUT2D eigenvalue weighted by atomic mass is 10.2. The molecule has 0 bridgehead atoms. The van der Waals surface area contributed by atoms with E-state index < -0.39 is 18.7 Å². The molecular weight excluding hydrogens is 365 g/mol. The number of halogens is 3. The first-order valence-corrected chi connectivity index (χ1v) is 7.95. The molecule has 0 saturated carbocycles. The fourth-order valence-electron chi connectivity index (χ4n) is 1.92. The first-order chi connectivity index (χ1) is 12.8. The summed E-state index contributed by atoms with van der Waals surface area (Å²) in [5.41, 5.74) is 0.880. The summed E-state index contributed by atoms with van der Waals surface area (Å²) in [6, 6.07) is 5.80. The van der Waals surface area contributed by atoms with Crippen LogP contribution in [0.5, 0.6) is 5.88 Å². The molecule has 0 aliphatic heterocycles. The molecular formula is C17H17F3N4O3. The van der Waals surface area contributed by atoms with Crippen molar-refractivity contribution >= 4 is 17.6 Å². The Kier molecular flexibility index (Phi) is 6.69. The molecule has 144 valence electrons. The molecule has 10 heteroatoms. The van der Waals surface area contributed by atoms with E-state index in [1.807, 2.05) is 0 Å². The van der Waals surface area contributed by atoms with E-state index in [1.165, 1.54) is 18.3 Å². The Morgan fingerprint density at radius 2 is 1.96 bits per heavy atom.